The second-order valence-corrected chi connectivity index (χ2v) is 9.11. The highest BCUT2D eigenvalue weighted by Gasteiger charge is 2.17. The van der Waals surface area contributed by atoms with E-state index in [0.717, 1.165) is 38.5 Å². The van der Waals surface area contributed by atoms with Crippen molar-refractivity contribution in [1.82, 2.24) is 9.34 Å². The Morgan fingerprint density at radius 3 is 1.12 bits per heavy atom. The van der Waals surface area contributed by atoms with Crippen molar-refractivity contribution in [2.45, 2.75) is 27.7 Å². The average Bonchev–Trinajstić information content (AvgIpc) is 2.29. The zero-order valence-electron chi connectivity index (χ0n) is 10.8. The van der Waals surface area contributed by atoms with Gasteiger partial charge in [0.25, 0.3) is 0 Å². The smallest absolute Gasteiger partial charge is 0.0630 e. The van der Waals surface area contributed by atoms with Gasteiger partial charge in [0.1, 0.15) is 0 Å². The Balaban J connectivity index is 3.93. The zero-order chi connectivity index (χ0) is 12.6. The third kappa shape index (κ3) is 6.34. The molecule has 0 unspecified atom stereocenters. The Hall–Kier alpha value is 1.36. The molecule has 0 aliphatic carbocycles. The van der Waals surface area contributed by atoms with Crippen molar-refractivity contribution in [1.29, 1.82) is 0 Å². The van der Waals surface area contributed by atoms with Gasteiger partial charge in [-0.1, -0.05) is 50.2 Å². The van der Waals surface area contributed by atoms with Crippen LogP contribution in [0.4, 0.5) is 0 Å². The van der Waals surface area contributed by atoms with Crippen LogP contribution in [0.5, 0.6) is 0 Å². The molecule has 0 amide bonds. The van der Waals surface area contributed by atoms with Crippen molar-refractivity contribution in [3.8, 4) is 0 Å². The number of nitrogens with zero attached hydrogens (tertiary/aromatic N) is 2. The van der Waals surface area contributed by atoms with Gasteiger partial charge >= 0.3 is 0 Å². The third-order valence-corrected chi connectivity index (χ3v) is 8.74. The summed E-state index contributed by atoms with van der Waals surface area (Å²) < 4.78 is 4.67. The SMILES string of the molecule is CCN(CC)[P@](Cl)CC[P@](Cl)N(CC)CC. The minimum Gasteiger partial charge on any atom is -0.270 e. The first-order chi connectivity index (χ1) is 7.60. The molecule has 0 aliphatic rings. The second-order valence-electron chi connectivity index (χ2n) is 3.40. The van der Waals surface area contributed by atoms with E-state index in [2.05, 4.69) is 37.0 Å². The van der Waals surface area contributed by atoms with Gasteiger partial charge in [-0.3, -0.25) is 9.34 Å². The maximum atomic E-state index is 6.41. The van der Waals surface area contributed by atoms with Crippen LogP contribution in [0, 0.1) is 0 Å². The Kier molecular flexibility index (Phi) is 11.2. The molecule has 0 aromatic rings. The second kappa shape index (κ2) is 10.3. The first-order valence-electron chi connectivity index (χ1n) is 5.96. The first kappa shape index (κ1) is 17.4. The van der Waals surface area contributed by atoms with Crippen LogP contribution in [0.15, 0.2) is 0 Å². The summed E-state index contributed by atoms with van der Waals surface area (Å²) in [6, 6.07) is 0. The summed E-state index contributed by atoms with van der Waals surface area (Å²) in [7, 11) is -1.00. The molecule has 0 saturated carbocycles. The van der Waals surface area contributed by atoms with Gasteiger partial charge in [0.05, 0.1) is 14.9 Å². The molecule has 0 bridgehead atoms. The lowest BCUT2D eigenvalue weighted by Gasteiger charge is -2.27. The minimum absolute atomic E-state index is 0.501. The molecule has 6 heteroatoms. The Morgan fingerprint density at radius 2 is 0.938 bits per heavy atom. The van der Waals surface area contributed by atoms with Gasteiger partial charge in [0, 0.05) is 38.5 Å². The Labute approximate surface area is 113 Å². The molecule has 0 heterocycles. The molecular weight excluding hydrogens is 281 g/mol. The first-order valence-corrected chi connectivity index (χ1v) is 10.7. The molecule has 0 rings (SSSR count). The molecule has 0 aromatic heterocycles. The van der Waals surface area contributed by atoms with Gasteiger partial charge in [-0.25, -0.2) is 0 Å². The predicted molar refractivity (Wildman–Crippen MR) is 81.1 cm³/mol. The van der Waals surface area contributed by atoms with E-state index in [1.165, 1.54) is 0 Å². The summed E-state index contributed by atoms with van der Waals surface area (Å²) in [5.41, 5.74) is 0. The van der Waals surface area contributed by atoms with Crippen molar-refractivity contribution in [3.63, 3.8) is 0 Å². The van der Waals surface area contributed by atoms with Gasteiger partial charge in [-0.2, -0.15) is 0 Å². The van der Waals surface area contributed by atoms with Crippen LogP contribution in [0.3, 0.4) is 0 Å². The van der Waals surface area contributed by atoms with Gasteiger partial charge in [0.2, 0.25) is 0 Å². The maximum absolute atomic E-state index is 6.41. The van der Waals surface area contributed by atoms with Crippen molar-refractivity contribution in [3.05, 3.63) is 0 Å². The van der Waals surface area contributed by atoms with E-state index in [4.69, 9.17) is 22.5 Å². The van der Waals surface area contributed by atoms with Crippen molar-refractivity contribution < 1.29 is 0 Å². The lowest BCUT2D eigenvalue weighted by Crippen LogP contribution is -2.19. The van der Waals surface area contributed by atoms with Gasteiger partial charge in [-0.05, 0) is 0 Å². The van der Waals surface area contributed by atoms with Crippen LogP contribution in [0.1, 0.15) is 27.7 Å². The molecule has 98 valence electrons. The van der Waals surface area contributed by atoms with Crippen LogP contribution < -0.4 is 0 Å². The molecule has 0 N–H and O–H groups in total. The fourth-order valence-electron chi connectivity index (χ4n) is 1.51. The molecule has 0 fully saturated rings. The largest absolute Gasteiger partial charge is 0.270 e. The summed E-state index contributed by atoms with van der Waals surface area (Å²) in [5, 5.41) is 0. The minimum atomic E-state index is -0.501. The highest BCUT2D eigenvalue weighted by molar-refractivity contribution is 7.85. The van der Waals surface area contributed by atoms with Crippen LogP contribution in [0.25, 0.3) is 0 Å². The normalized spacial score (nSPS) is 15.8. The van der Waals surface area contributed by atoms with Gasteiger partial charge < -0.3 is 0 Å². The summed E-state index contributed by atoms with van der Waals surface area (Å²) in [5.74, 6) is 0. The highest BCUT2D eigenvalue weighted by Crippen LogP contribution is 2.52. The molecule has 0 radical (unpaired) electrons. The lowest BCUT2D eigenvalue weighted by atomic mass is 10.7. The van der Waals surface area contributed by atoms with Gasteiger partial charge in [-0.15, -0.1) is 0 Å². The van der Waals surface area contributed by atoms with E-state index >= 15 is 0 Å². The fraction of sp³-hybridized carbons (Fsp3) is 1.00. The van der Waals surface area contributed by atoms with E-state index in [1.807, 2.05) is 0 Å². The van der Waals surface area contributed by atoms with Crippen molar-refractivity contribution in [2.24, 2.45) is 0 Å². The lowest BCUT2D eigenvalue weighted by molar-refractivity contribution is 0.509. The number of halogens is 2. The molecule has 0 spiro atoms. The molecular formula is C10H24Cl2N2P2. The molecule has 0 saturated heterocycles. The Bertz CT molecular complexity index is 149. The molecule has 0 aliphatic heterocycles. The topological polar surface area (TPSA) is 6.48 Å². The molecule has 2 atom stereocenters. The van der Waals surface area contributed by atoms with Gasteiger partial charge in [0.15, 0.2) is 0 Å². The summed E-state index contributed by atoms with van der Waals surface area (Å²) >= 11 is 12.8. The van der Waals surface area contributed by atoms with Crippen LogP contribution in [0.2, 0.25) is 0 Å². The number of hydrogen-bond acceptors (Lipinski definition) is 2. The highest BCUT2D eigenvalue weighted by atomic mass is 35.7. The summed E-state index contributed by atoms with van der Waals surface area (Å²) in [6.07, 6.45) is 2.09. The average molecular weight is 305 g/mol. The van der Waals surface area contributed by atoms with Crippen molar-refractivity contribution >= 4 is 37.3 Å². The maximum Gasteiger partial charge on any atom is 0.0630 e. The Morgan fingerprint density at radius 1 is 0.688 bits per heavy atom. The number of rotatable bonds is 9. The summed E-state index contributed by atoms with van der Waals surface area (Å²) in [6.45, 7) is 12.8. The molecule has 16 heavy (non-hydrogen) atoms. The van der Waals surface area contributed by atoms with E-state index in [9.17, 15) is 0 Å². The van der Waals surface area contributed by atoms with Crippen molar-refractivity contribution in [2.75, 3.05) is 38.5 Å². The van der Waals surface area contributed by atoms with Crippen LogP contribution >= 0.6 is 37.3 Å². The van der Waals surface area contributed by atoms with E-state index in [0.29, 0.717) is 0 Å². The van der Waals surface area contributed by atoms with Crippen LogP contribution in [-0.2, 0) is 0 Å². The fourth-order valence-corrected chi connectivity index (χ4v) is 7.27. The zero-order valence-corrected chi connectivity index (χ0v) is 14.1. The van der Waals surface area contributed by atoms with E-state index in [1.54, 1.807) is 0 Å². The summed E-state index contributed by atoms with van der Waals surface area (Å²) in [4.78, 5) is 0. The van der Waals surface area contributed by atoms with E-state index < -0.39 is 14.9 Å². The third-order valence-electron chi connectivity index (χ3n) is 2.54. The van der Waals surface area contributed by atoms with E-state index in [-0.39, 0.29) is 0 Å². The number of hydrogen-bond donors (Lipinski definition) is 0. The monoisotopic (exact) mass is 304 g/mol. The molecule has 0 aromatic carbocycles. The standard InChI is InChI=1S/C10H24Cl2N2P2/c1-5-13(6-2)15(11)9-10-16(12)14(7-3)8-4/h5-10H2,1-4H3/t15-,16+. The van der Waals surface area contributed by atoms with Crippen LogP contribution in [-0.4, -0.2) is 47.8 Å². The molecule has 2 nitrogen and oxygen atoms in total. The predicted octanol–water partition coefficient (Wildman–Crippen LogP) is 4.77. The quantitative estimate of drug-likeness (QED) is 0.566.